The van der Waals surface area contributed by atoms with Gasteiger partial charge in [-0.2, -0.15) is 0 Å². The van der Waals surface area contributed by atoms with E-state index in [1.165, 1.54) is 11.3 Å². The standard InChI is InChI=1S/C17H21N3O/c1-10(2)15-11(3)18-16(19-17(15)21)13-5-6-14-12(9-13)7-8-20(14)4/h5-6,9-10H,7-8H2,1-4H3,(H,18,19,21). The highest BCUT2D eigenvalue weighted by atomic mass is 16.1. The summed E-state index contributed by atoms with van der Waals surface area (Å²) in [6.07, 6.45) is 1.05. The molecule has 0 radical (unpaired) electrons. The number of H-pyrrole nitrogens is 1. The molecule has 0 unspecified atom stereocenters. The van der Waals surface area contributed by atoms with Gasteiger partial charge in [0.05, 0.1) is 0 Å². The molecule has 2 aromatic rings. The Labute approximate surface area is 124 Å². The lowest BCUT2D eigenvalue weighted by Gasteiger charge is -2.13. The summed E-state index contributed by atoms with van der Waals surface area (Å²) in [5.41, 5.74) is 5.16. The van der Waals surface area contributed by atoms with Crippen molar-refractivity contribution < 1.29 is 0 Å². The third-order valence-electron chi connectivity index (χ3n) is 4.20. The number of nitrogens with zero attached hydrogens (tertiary/aromatic N) is 2. The molecule has 1 N–H and O–H groups in total. The Kier molecular flexibility index (Phi) is 3.32. The van der Waals surface area contributed by atoms with Crippen LogP contribution in [0.3, 0.4) is 0 Å². The molecule has 1 aliphatic rings. The maximum atomic E-state index is 12.3. The van der Waals surface area contributed by atoms with E-state index in [1.807, 2.05) is 26.8 Å². The summed E-state index contributed by atoms with van der Waals surface area (Å²) in [4.78, 5) is 22.0. The zero-order valence-electron chi connectivity index (χ0n) is 13.0. The van der Waals surface area contributed by atoms with Gasteiger partial charge in [-0.05, 0) is 43.0 Å². The highest BCUT2D eigenvalue weighted by Crippen LogP contribution is 2.30. The minimum Gasteiger partial charge on any atom is -0.374 e. The zero-order chi connectivity index (χ0) is 15.1. The number of aromatic nitrogens is 2. The van der Waals surface area contributed by atoms with Crippen LogP contribution in [0.4, 0.5) is 5.69 Å². The summed E-state index contributed by atoms with van der Waals surface area (Å²) in [5, 5.41) is 0. The van der Waals surface area contributed by atoms with Crippen molar-refractivity contribution in [2.24, 2.45) is 0 Å². The first-order chi connectivity index (χ1) is 9.97. The van der Waals surface area contributed by atoms with Gasteiger partial charge in [-0.3, -0.25) is 4.79 Å². The molecule has 0 amide bonds. The van der Waals surface area contributed by atoms with Crippen LogP contribution in [0.25, 0.3) is 11.4 Å². The van der Waals surface area contributed by atoms with Crippen LogP contribution in [-0.4, -0.2) is 23.6 Å². The van der Waals surface area contributed by atoms with E-state index in [0.717, 1.165) is 29.8 Å². The third-order valence-corrected chi connectivity index (χ3v) is 4.20. The van der Waals surface area contributed by atoms with Crippen molar-refractivity contribution in [3.63, 3.8) is 0 Å². The average Bonchev–Trinajstić information content (AvgIpc) is 2.78. The van der Waals surface area contributed by atoms with Gasteiger partial charge >= 0.3 is 0 Å². The molecule has 0 saturated carbocycles. The first-order valence-electron chi connectivity index (χ1n) is 7.42. The molecule has 0 fully saturated rings. The van der Waals surface area contributed by atoms with Crippen LogP contribution in [0.2, 0.25) is 0 Å². The van der Waals surface area contributed by atoms with E-state index in [1.54, 1.807) is 0 Å². The Morgan fingerprint density at radius 1 is 1.33 bits per heavy atom. The molecule has 4 heteroatoms. The van der Waals surface area contributed by atoms with Crippen molar-refractivity contribution in [3.05, 3.63) is 45.4 Å². The average molecular weight is 283 g/mol. The van der Waals surface area contributed by atoms with Crippen LogP contribution in [-0.2, 0) is 6.42 Å². The van der Waals surface area contributed by atoms with Gasteiger partial charge in [0.25, 0.3) is 5.56 Å². The number of rotatable bonds is 2. The van der Waals surface area contributed by atoms with Crippen molar-refractivity contribution in [1.82, 2.24) is 9.97 Å². The summed E-state index contributed by atoms with van der Waals surface area (Å²) in [7, 11) is 2.10. The quantitative estimate of drug-likeness (QED) is 0.922. The second-order valence-electron chi connectivity index (χ2n) is 6.08. The molecule has 110 valence electrons. The fourth-order valence-electron chi connectivity index (χ4n) is 3.13. The zero-order valence-corrected chi connectivity index (χ0v) is 13.0. The number of anilines is 1. The number of fused-ring (bicyclic) bond motifs is 1. The van der Waals surface area contributed by atoms with Gasteiger partial charge in [-0.1, -0.05) is 13.8 Å². The smallest absolute Gasteiger partial charge is 0.254 e. The predicted molar refractivity (Wildman–Crippen MR) is 86.1 cm³/mol. The molecular weight excluding hydrogens is 262 g/mol. The summed E-state index contributed by atoms with van der Waals surface area (Å²) in [5.74, 6) is 0.850. The second kappa shape index (κ2) is 5.02. The lowest BCUT2D eigenvalue weighted by Crippen LogP contribution is -2.18. The van der Waals surface area contributed by atoms with Gasteiger partial charge in [0, 0.05) is 36.1 Å². The molecule has 0 atom stereocenters. The normalized spacial score (nSPS) is 13.9. The molecule has 0 aliphatic carbocycles. The van der Waals surface area contributed by atoms with Gasteiger partial charge < -0.3 is 9.88 Å². The molecule has 3 rings (SSSR count). The lowest BCUT2D eigenvalue weighted by molar-refractivity contribution is 0.815. The molecule has 0 bridgehead atoms. The molecule has 2 heterocycles. The number of nitrogens with one attached hydrogen (secondary N) is 1. The topological polar surface area (TPSA) is 49.0 Å². The Balaban J connectivity index is 2.08. The van der Waals surface area contributed by atoms with Crippen LogP contribution in [0.15, 0.2) is 23.0 Å². The van der Waals surface area contributed by atoms with E-state index in [-0.39, 0.29) is 11.5 Å². The molecule has 21 heavy (non-hydrogen) atoms. The number of aromatic amines is 1. The molecule has 0 spiro atoms. The minimum atomic E-state index is -0.0230. The van der Waals surface area contributed by atoms with E-state index in [4.69, 9.17) is 0 Å². The highest BCUT2D eigenvalue weighted by molar-refractivity contribution is 5.66. The van der Waals surface area contributed by atoms with Gasteiger partial charge in [-0.15, -0.1) is 0 Å². The number of aryl methyl sites for hydroxylation is 1. The van der Waals surface area contributed by atoms with Crippen molar-refractivity contribution >= 4 is 5.69 Å². The number of benzene rings is 1. The molecule has 1 aliphatic heterocycles. The summed E-state index contributed by atoms with van der Waals surface area (Å²) in [6, 6.07) is 6.29. The Bertz CT molecular complexity index is 746. The SMILES string of the molecule is Cc1nc(-c2ccc3c(c2)CCN3C)[nH]c(=O)c1C(C)C. The molecule has 1 aromatic carbocycles. The van der Waals surface area contributed by atoms with E-state index < -0.39 is 0 Å². The number of hydrogen-bond donors (Lipinski definition) is 1. The van der Waals surface area contributed by atoms with Crippen LogP contribution in [0, 0.1) is 6.92 Å². The first-order valence-corrected chi connectivity index (χ1v) is 7.42. The molecule has 1 aromatic heterocycles. The van der Waals surface area contributed by atoms with Crippen LogP contribution >= 0.6 is 0 Å². The number of likely N-dealkylation sites (N-methyl/N-ethyl adjacent to an activating group) is 1. The molecule has 4 nitrogen and oxygen atoms in total. The highest BCUT2D eigenvalue weighted by Gasteiger charge is 2.17. The second-order valence-corrected chi connectivity index (χ2v) is 6.08. The number of hydrogen-bond acceptors (Lipinski definition) is 3. The molecule has 0 saturated heterocycles. The Morgan fingerprint density at radius 3 is 2.76 bits per heavy atom. The lowest BCUT2D eigenvalue weighted by atomic mass is 10.0. The summed E-state index contributed by atoms with van der Waals surface area (Å²) < 4.78 is 0. The van der Waals surface area contributed by atoms with Crippen LogP contribution in [0.1, 0.15) is 36.6 Å². The van der Waals surface area contributed by atoms with E-state index in [2.05, 4.69) is 34.0 Å². The summed E-state index contributed by atoms with van der Waals surface area (Å²) in [6.45, 7) is 7.00. The molecular formula is C17H21N3O. The minimum absolute atomic E-state index is 0.0230. The Hall–Kier alpha value is -2.10. The van der Waals surface area contributed by atoms with Crippen molar-refractivity contribution in [1.29, 1.82) is 0 Å². The van der Waals surface area contributed by atoms with E-state index in [0.29, 0.717) is 5.82 Å². The van der Waals surface area contributed by atoms with Crippen molar-refractivity contribution in [2.45, 2.75) is 33.1 Å². The van der Waals surface area contributed by atoms with Gasteiger partial charge in [0.15, 0.2) is 0 Å². The largest absolute Gasteiger partial charge is 0.374 e. The van der Waals surface area contributed by atoms with Crippen molar-refractivity contribution in [3.8, 4) is 11.4 Å². The van der Waals surface area contributed by atoms with Crippen molar-refractivity contribution in [2.75, 3.05) is 18.5 Å². The van der Waals surface area contributed by atoms with Crippen LogP contribution < -0.4 is 10.5 Å². The fourth-order valence-corrected chi connectivity index (χ4v) is 3.13. The monoisotopic (exact) mass is 283 g/mol. The Morgan fingerprint density at radius 2 is 2.10 bits per heavy atom. The van der Waals surface area contributed by atoms with Crippen LogP contribution in [0.5, 0.6) is 0 Å². The fraction of sp³-hybridized carbons (Fsp3) is 0.412. The van der Waals surface area contributed by atoms with E-state index in [9.17, 15) is 4.79 Å². The maximum Gasteiger partial charge on any atom is 0.254 e. The van der Waals surface area contributed by atoms with Gasteiger partial charge in [-0.25, -0.2) is 4.98 Å². The van der Waals surface area contributed by atoms with Gasteiger partial charge in [0.2, 0.25) is 0 Å². The predicted octanol–water partition coefficient (Wildman–Crippen LogP) is 2.86. The van der Waals surface area contributed by atoms with E-state index >= 15 is 0 Å². The maximum absolute atomic E-state index is 12.3. The summed E-state index contributed by atoms with van der Waals surface area (Å²) >= 11 is 0. The van der Waals surface area contributed by atoms with Gasteiger partial charge in [0.1, 0.15) is 5.82 Å². The first kappa shape index (κ1) is 13.9. The third kappa shape index (κ3) is 2.35.